The van der Waals surface area contributed by atoms with Gasteiger partial charge in [0, 0.05) is 0 Å². The van der Waals surface area contributed by atoms with Gasteiger partial charge in [0.2, 0.25) is 0 Å². The number of carbonyl (C=O) groups excluding carboxylic acids is 3. The number of carbonyl (C=O) groups is 3. The summed E-state index contributed by atoms with van der Waals surface area (Å²) in [6, 6.07) is 4.23. The maximum Gasteiger partial charge on any atom is 0.328 e. The average Bonchev–Trinajstić information content (AvgIpc) is 2.49. The van der Waals surface area contributed by atoms with Crippen molar-refractivity contribution in [3.05, 3.63) is 29.3 Å². The second-order valence-corrected chi connectivity index (χ2v) is 5.41. The summed E-state index contributed by atoms with van der Waals surface area (Å²) in [7, 11) is 1.51. The lowest BCUT2D eigenvalue weighted by atomic mass is 10.1. The zero-order chi connectivity index (χ0) is 17.0. The lowest BCUT2D eigenvalue weighted by Crippen LogP contribution is -2.51. The number of imide groups is 2. The molecule has 1 aliphatic rings. The van der Waals surface area contributed by atoms with E-state index < -0.39 is 17.8 Å². The molecule has 23 heavy (non-hydrogen) atoms. The minimum absolute atomic E-state index is 0.150. The fourth-order valence-corrected chi connectivity index (χ4v) is 1.92. The summed E-state index contributed by atoms with van der Waals surface area (Å²) in [5, 5.41) is 4.04. The Morgan fingerprint density at radius 1 is 1.09 bits per heavy atom. The van der Waals surface area contributed by atoms with Gasteiger partial charge in [0.25, 0.3) is 11.8 Å². The first-order valence-corrected chi connectivity index (χ1v) is 7.10. The number of urea groups is 1. The summed E-state index contributed by atoms with van der Waals surface area (Å²) in [6.07, 6.45) is 1.38. The third-order valence-electron chi connectivity index (χ3n) is 3.01. The largest absolute Gasteiger partial charge is 0.493 e. The van der Waals surface area contributed by atoms with Crippen LogP contribution in [0.4, 0.5) is 4.79 Å². The molecule has 0 unspecified atom stereocenters. The van der Waals surface area contributed by atoms with Gasteiger partial charge in [0.15, 0.2) is 11.5 Å². The number of hydrogen-bond acceptors (Lipinski definition) is 5. The molecule has 0 saturated carbocycles. The normalized spacial score (nSPS) is 14.4. The van der Waals surface area contributed by atoms with Gasteiger partial charge < -0.3 is 9.47 Å². The van der Waals surface area contributed by atoms with Crippen molar-refractivity contribution in [1.82, 2.24) is 10.6 Å². The average molecular weight is 318 g/mol. The van der Waals surface area contributed by atoms with E-state index in [1.54, 1.807) is 18.2 Å². The first-order chi connectivity index (χ1) is 10.9. The summed E-state index contributed by atoms with van der Waals surface area (Å²) < 4.78 is 10.9. The van der Waals surface area contributed by atoms with Crippen molar-refractivity contribution in [2.45, 2.75) is 13.8 Å². The zero-order valence-corrected chi connectivity index (χ0v) is 13.1. The Bertz CT molecular complexity index is 657. The molecule has 0 atom stereocenters. The van der Waals surface area contributed by atoms with Crippen LogP contribution in [0.3, 0.4) is 0 Å². The standard InChI is InChI=1S/C16H18N2O5/c1-9(2)8-23-12-5-4-10(7-13(12)22-3)6-11-14(19)17-16(21)18-15(11)20/h4-7,9H,8H2,1-3H3,(H2,17,18,19,20,21). The molecule has 1 saturated heterocycles. The van der Waals surface area contributed by atoms with Gasteiger partial charge in [0.05, 0.1) is 13.7 Å². The molecule has 122 valence electrons. The Kier molecular flexibility index (Phi) is 5.00. The maximum atomic E-state index is 11.7. The Labute approximate surface area is 133 Å². The number of nitrogens with one attached hydrogen (secondary N) is 2. The van der Waals surface area contributed by atoms with Crippen LogP contribution in [0.25, 0.3) is 6.08 Å². The number of barbiturate groups is 1. The molecule has 4 amide bonds. The van der Waals surface area contributed by atoms with Gasteiger partial charge in [-0.25, -0.2) is 4.79 Å². The molecular weight excluding hydrogens is 300 g/mol. The van der Waals surface area contributed by atoms with E-state index in [0.717, 1.165) is 0 Å². The van der Waals surface area contributed by atoms with Crippen LogP contribution in [0.5, 0.6) is 11.5 Å². The van der Waals surface area contributed by atoms with Crippen LogP contribution < -0.4 is 20.1 Å². The molecule has 0 aliphatic carbocycles. The molecule has 2 rings (SSSR count). The lowest BCUT2D eigenvalue weighted by Gasteiger charge is -2.15. The molecular formula is C16H18N2O5. The topological polar surface area (TPSA) is 93.7 Å². The lowest BCUT2D eigenvalue weighted by molar-refractivity contribution is -0.123. The predicted octanol–water partition coefficient (Wildman–Crippen LogP) is 1.48. The second-order valence-electron chi connectivity index (χ2n) is 5.41. The number of methoxy groups -OCH3 is 1. The van der Waals surface area contributed by atoms with Crippen LogP contribution in [0, 0.1) is 5.92 Å². The maximum absolute atomic E-state index is 11.7. The quantitative estimate of drug-likeness (QED) is 0.633. The zero-order valence-electron chi connectivity index (χ0n) is 13.1. The van der Waals surface area contributed by atoms with Crippen LogP contribution in [-0.4, -0.2) is 31.6 Å². The van der Waals surface area contributed by atoms with Crippen molar-refractivity contribution >= 4 is 23.9 Å². The first-order valence-electron chi connectivity index (χ1n) is 7.10. The Morgan fingerprint density at radius 2 is 1.74 bits per heavy atom. The number of hydrogen-bond donors (Lipinski definition) is 2. The fraction of sp³-hybridized carbons (Fsp3) is 0.312. The molecule has 1 aromatic carbocycles. The molecule has 0 spiro atoms. The van der Waals surface area contributed by atoms with Crippen LogP contribution in [-0.2, 0) is 9.59 Å². The second kappa shape index (κ2) is 6.95. The molecule has 2 N–H and O–H groups in total. The molecule has 1 heterocycles. The monoisotopic (exact) mass is 318 g/mol. The highest BCUT2D eigenvalue weighted by Crippen LogP contribution is 2.29. The van der Waals surface area contributed by atoms with Crippen molar-refractivity contribution in [2.24, 2.45) is 5.92 Å². The van der Waals surface area contributed by atoms with Crippen LogP contribution in [0.1, 0.15) is 19.4 Å². The van der Waals surface area contributed by atoms with Crippen molar-refractivity contribution in [3.63, 3.8) is 0 Å². The minimum atomic E-state index is -0.827. The van der Waals surface area contributed by atoms with Crippen molar-refractivity contribution < 1.29 is 23.9 Å². The van der Waals surface area contributed by atoms with Gasteiger partial charge >= 0.3 is 6.03 Å². The summed E-state index contributed by atoms with van der Waals surface area (Å²) in [4.78, 5) is 34.4. The van der Waals surface area contributed by atoms with Gasteiger partial charge in [-0.15, -0.1) is 0 Å². The highest BCUT2D eigenvalue weighted by atomic mass is 16.5. The van der Waals surface area contributed by atoms with E-state index in [1.807, 2.05) is 24.5 Å². The molecule has 1 fully saturated rings. The molecule has 7 nitrogen and oxygen atoms in total. The van der Waals surface area contributed by atoms with Gasteiger partial charge in [-0.2, -0.15) is 0 Å². The molecule has 0 bridgehead atoms. The molecule has 1 aliphatic heterocycles. The first kappa shape index (κ1) is 16.5. The van der Waals surface area contributed by atoms with Gasteiger partial charge in [-0.05, 0) is 29.7 Å². The van der Waals surface area contributed by atoms with Crippen molar-refractivity contribution in [1.29, 1.82) is 0 Å². The molecule has 0 aromatic heterocycles. The van der Waals surface area contributed by atoms with Crippen LogP contribution in [0.2, 0.25) is 0 Å². The summed E-state index contributed by atoms with van der Waals surface area (Å²) in [5.41, 5.74) is 0.427. The van der Waals surface area contributed by atoms with E-state index in [2.05, 4.69) is 0 Å². The predicted molar refractivity (Wildman–Crippen MR) is 83.0 cm³/mol. The highest BCUT2D eigenvalue weighted by molar-refractivity contribution is 6.31. The summed E-state index contributed by atoms with van der Waals surface area (Å²) in [5.74, 6) is -0.0341. The van der Waals surface area contributed by atoms with Crippen molar-refractivity contribution in [3.8, 4) is 11.5 Å². The minimum Gasteiger partial charge on any atom is -0.493 e. The third kappa shape index (κ3) is 4.09. The number of ether oxygens (including phenoxy) is 2. The SMILES string of the molecule is COc1cc(C=C2C(=O)NC(=O)NC2=O)ccc1OCC(C)C. The smallest absolute Gasteiger partial charge is 0.328 e. The van der Waals surface area contributed by atoms with Gasteiger partial charge in [-0.3, -0.25) is 20.2 Å². The van der Waals surface area contributed by atoms with Crippen molar-refractivity contribution in [2.75, 3.05) is 13.7 Å². The Balaban J connectivity index is 2.26. The summed E-state index contributed by atoms with van der Waals surface area (Å²) >= 11 is 0. The van der Waals surface area contributed by atoms with Crippen LogP contribution >= 0.6 is 0 Å². The highest BCUT2D eigenvalue weighted by Gasteiger charge is 2.27. The van der Waals surface area contributed by atoms with E-state index in [9.17, 15) is 14.4 Å². The Morgan fingerprint density at radius 3 is 2.30 bits per heavy atom. The number of amides is 4. The molecule has 1 aromatic rings. The van der Waals surface area contributed by atoms with E-state index in [4.69, 9.17) is 9.47 Å². The van der Waals surface area contributed by atoms with Gasteiger partial charge in [0.1, 0.15) is 5.57 Å². The van der Waals surface area contributed by atoms with E-state index in [-0.39, 0.29) is 5.57 Å². The summed E-state index contributed by atoms with van der Waals surface area (Å²) in [6.45, 7) is 4.61. The molecule has 0 radical (unpaired) electrons. The van der Waals surface area contributed by atoms with E-state index >= 15 is 0 Å². The van der Waals surface area contributed by atoms with E-state index in [0.29, 0.717) is 29.6 Å². The number of benzene rings is 1. The third-order valence-corrected chi connectivity index (χ3v) is 3.01. The van der Waals surface area contributed by atoms with Gasteiger partial charge in [-0.1, -0.05) is 19.9 Å². The fourth-order valence-electron chi connectivity index (χ4n) is 1.92. The number of rotatable bonds is 5. The molecule has 7 heteroatoms. The van der Waals surface area contributed by atoms with Crippen LogP contribution in [0.15, 0.2) is 23.8 Å². The Hall–Kier alpha value is -2.83. The van der Waals surface area contributed by atoms with E-state index in [1.165, 1.54) is 13.2 Å².